The molecule has 0 aliphatic carbocycles. The van der Waals surface area contributed by atoms with E-state index in [9.17, 15) is 4.79 Å². The van der Waals surface area contributed by atoms with Crippen molar-refractivity contribution in [1.29, 1.82) is 0 Å². The number of hydrogen-bond donors (Lipinski definition) is 1. The van der Waals surface area contributed by atoms with E-state index >= 15 is 0 Å². The van der Waals surface area contributed by atoms with Crippen LogP contribution in [0, 0.1) is 0 Å². The number of amides is 1. The van der Waals surface area contributed by atoms with Crippen LogP contribution in [0.15, 0.2) is 18.3 Å². The number of hydrogen-bond acceptors (Lipinski definition) is 5. The Balaban J connectivity index is 1.64. The lowest BCUT2D eigenvalue weighted by atomic mass is 10.1. The zero-order valence-corrected chi connectivity index (χ0v) is 12.2. The van der Waals surface area contributed by atoms with Gasteiger partial charge in [-0.2, -0.15) is 0 Å². The molecule has 1 aromatic rings. The second-order valence-corrected chi connectivity index (χ2v) is 5.63. The molecule has 0 saturated carbocycles. The van der Waals surface area contributed by atoms with Gasteiger partial charge in [0.25, 0.3) is 5.91 Å². The number of piperidine rings is 1. The van der Waals surface area contributed by atoms with E-state index in [0.29, 0.717) is 5.56 Å². The standard InChI is InChI=1S/C15H22N4O2/c16-13-3-5-19(6-4-13)15(20)12-1-2-14(17-11-12)18-7-9-21-10-8-18/h1-2,11,13H,3-10,16H2. The molecule has 0 unspecified atom stereocenters. The fourth-order valence-corrected chi connectivity index (χ4v) is 2.78. The van der Waals surface area contributed by atoms with Crippen LogP contribution in [-0.4, -0.2) is 61.2 Å². The fourth-order valence-electron chi connectivity index (χ4n) is 2.78. The molecule has 2 N–H and O–H groups in total. The average molecular weight is 290 g/mol. The van der Waals surface area contributed by atoms with Gasteiger partial charge in [0.1, 0.15) is 5.82 Å². The van der Waals surface area contributed by atoms with E-state index < -0.39 is 0 Å². The normalized spacial score (nSPS) is 20.6. The molecule has 114 valence electrons. The maximum absolute atomic E-state index is 12.4. The summed E-state index contributed by atoms with van der Waals surface area (Å²) >= 11 is 0. The van der Waals surface area contributed by atoms with E-state index in [2.05, 4.69) is 9.88 Å². The molecule has 6 nitrogen and oxygen atoms in total. The number of rotatable bonds is 2. The Labute approximate surface area is 124 Å². The number of carbonyl (C=O) groups excluding carboxylic acids is 1. The first-order chi connectivity index (χ1) is 10.2. The van der Waals surface area contributed by atoms with Crippen LogP contribution in [0.2, 0.25) is 0 Å². The maximum atomic E-state index is 12.4. The van der Waals surface area contributed by atoms with E-state index in [-0.39, 0.29) is 11.9 Å². The number of carbonyl (C=O) groups is 1. The number of likely N-dealkylation sites (tertiary alicyclic amines) is 1. The second kappa shape index (κ2) is 6.41. The Kier molecular flexibility index (Phi) is 4.36. The minimum atomic E-state index is 0.0583. The summed E-state index contributed by atoms with van der Waals surface area (Å²) in [5, 5.41) is 0. The molecule has 2 fully saturated rings. The van der Waals surface area contributed by atoms with Crippen LogP contribution in [0.25, 0.3) is 0 Å². The van der Waals surface area contributed by atoms with Gasteiger partial charge in [0.05, 0.1) is 18.8 Å². The summed E-state index contributed by atoms with van der Waals surface area (Å²) in [7, 11) is 0. The van der Waals surface area contributed by atoms with Crippen LogP contribution >= 0.6 is 0 Å². The molecule has 0 atom stereocenters. The Hall–Kier alpha value is -1.66. The first-order valence-corrected chi connectivity index (χ1v) is 7.57. The summed E-state index contributed by atoms with van der Waals surface area (Å²) in [6.07, 6.45) is 3.44. The van der Waals surface area contributed by atoms with Gasteiger partial charge >= 0.3 is 0 Å². The molecule has 2 aliphatic rings. The van der Waals surface area contributed by atoms with Gasteiger partial charge < -0.3 is 20.3 Å². The third-order valence-electron chi connectivity index (χ3n) is 4.16. The topological polar surface area (TPSA) is 71.7 Å². The maximum Gasteiger partial charge on any atom is 0.255 e. The van der Waals surface area contributed by atoms with E-state index in [1.807, 2.05) is 17.0 Å². The summed E-state index contributed by atoms with van der Waals surface area (Å²) in [6, 6.07) is 4.03. The van der Waals surface area contributed by atoms with Crippen molar-refractivity contribution < 1.29 is 9.53 Å². The smallest absolute Gasteiger partial charge is 0.255 e. The molecule has 6 heteroatoms. The highest BCUT2D eigenvalue weighted by Gasteiger charge is 2.22. The van der Waals surface area contributed by atoms with Gasteiger partial charge in [0, 0.05) is 38.4 Å². The molecule has 3 heterocycles. The molecule has 21 heavy (non-hydrogen) atoms. The lowest BCUT2D eigenvalue weighted by molar-refractivity contribution is 0.0714. The minimum absolute atomic E-state index is 0.0583. The Morgan fingerprint density at radius 2 is 1.90 bits per heavy atom. The molecular weight excluding hydrogens is 268 g/mol. The van der Waals surface area contributed by atoms with Gasteiger partial charge in [0.15, 0.2) is 0 Å². The van der Waals surface area contributed by atoms with Gasteiger partial charge in [-0.05, 0) is 25.0 Å². The van der Waals surface area contributed by atoms with Crippen molar-refractivity contribution in [2.45, 2.75) is 18.9 Å². The molecule has 0 spiro atoms. The summed E-state index contributed by atoms with van der Waals surface area (Å²) in [5.41, 5.74) is 6.53. The lowest BCUT2D eigenvalue weighted by Gasteiger charge is -2.30. The first kappa shape index (κ1) is 14.3. The molecule has 2 saturated heterocycles. The summed E-state index contributed by atoms with van der Waals surface area (Å²) in [6.45, 7) is 4.65. The predicted octanol–water partition coefficient (Wildman–Crippen LogP) is 0.481. The lowest BCUT2D eigenvalue weighted by Crippen LogP contribution is -2.42. The van der Waals surface area contributed by atoms with Crippen molar-refractivity contribution in [1.82, 2.24) is 9.88 Å². The predicted molar refractivity (Wildman–Crippen MR) is 80.4 cm³/mol. The Morgan fingerprint density at radius 1 is 1.19 bits per heavy atom. The number of nitrogens with zero attached hydrogens (tertiary/aromatic N) is 3. The molecule has 0 aromatic carbocycles. The van der Waals surface area contributed by atoms with E-state index in [0.717, 1.165) is 58.1 Å². The van der Waals surface area contributed by atoms with Crippen LogP contribution in [0.3, 0.4) is 0 Å². The zero-order valence-electron chi connectivity index (χ0n) is 12.2. The van der Waals surface area contributed by atoms with Crippen molar-refractivity contribution >= 4 is 11.7 Å². The quantitative estimate of drug-likeness (QED) is 0.858. The number of aromatic nitrogens is 1. The zero-order chi connectivity index (χ0) is 14.7. The Morgan fingerprint density at radius 3 is 2.52 bits per heavy atom. The van der Waals surface area contributed by atoms with Gasteiger partial charge in [-0.15, -0.1) is 0 Å². The van der Waals surface area contributed by atoms with Gasteiger partial charge in [-0.3, -0.25) is 4.79 Å². The molecular formula is C15H22N4O2. The SMILES string of the molecule is NC1CCN(C(=O)c2ccc(N3CCOCC3)nc2)CC1. The highest BCUT2D eigenvalue weighted by atomic mass is 16.5. The fraction of sp³-hybridized carbons (Fsp3) is 0.600. The number of ether oxygens (including phenoxy) is 1. The second-order valence-electron chi connectivity index (χ2n) is 5.63. The highest BCUT2D eigenvalue weighted by molar-refractivity contribution is 5.94. The van der Waals surface area contributed by atoms with Gasteiger partial charge in [0.2, 0.25) is 0 Å². The van der Waals surface area contributed by atoms with Crippen molar-refractivity contribution in [3.05, 3.63) is 23.9 Å². The molecule has 0 bridgehead atoms. The largest absolute Gasteiger partial charge is 0.378 e. The van der Waals surface area contributed by atoms with Crippen molar-refractivity contribution in [3.63, 3.8) is 0 Å². The molecule has 2 aliphatic heterocycles. The molecule has 1 amide bonds. The number of pyridine rings is 1. The third kappa shape index (κ3) is 3.33. The van der Waals surface area contributed by atoms with Crippen LogP contribution in [0.5, 0.6) is 0 Å². The molecule has 3 rings (SSSR count). The number of anilines is 1. The van der Waals surface area contributed by atoms with Crippen LogP contribution in [-0.2, 0) is 4.74 Å². The molecule has 0 radical (unpaired) electrons. The minimum Gasteiger partial charge on any atom is -0.378 e. The third-order valence-corrected chi connectivity index (χ3v) is 4.16. The van der Waals surface area contributed by atoms with Crippen LogP contribution in [0.1, 0.15) is 23.2 Å². The monoisotopic (exact) mass is 290 g/mol. The van der Waals surface area contributed by atoms with Gasteiger partial charge in [-0.1, -0.05) is 0 Å². The van der Waals surface area contributed by atoms with Crippen LogP contribution < -0.4 is 10.6 Å². The Bertz CT molecular complexity index is 477. The summed E-state index contributed by atoms with van der Waals surface area (Å²) < 4.78 is 5.33. The first-order valence-electron chi connectivity index (χ1n) is 7.57. The number of morpholine rings is 1. The van der Waals surface area contributed by atoms with E-state index in [1.165, 1.54) is 0 Å². The van der Waals surface area contributed by atoms with Crippen LogP contribution in [0.4, 0.5) is 5.82 Å². The number of nitrogens with two attached hydrogens (primary N) is 1. The van der Waals surface area contributed by atoms with Gasteiger partial charge in [-0.25, -0.2) is 4.98 Å². The summed E-state index contributed by atoms with van der Waals surface area (Å²) in [5.74, 6) is 0.971. The molecule has 1 aromatic heterocycles. The van der Waals surface area contributed by atoms with Crippen molar-refractivity contribution in [2.24, 2.45) is 5.73 Å². The summed E-state index contributed by atoms with van der Waals surface area (Å²) in [4.78, 5) is 20.9. The van der Waals surface area contributed by atoms with Crippen molar-refractivity contribution in [3.8, 4) is 0 Å². The highest BCUT2D eigenvalue weighted by Crippen LogP contribution is 2.16. The van der Waals surface area contributed by atoms with Crippen molar-refractivity contribution in [2.75, 3.05) is 44.3 Å². The van der Waals surface area contributed by atoms with E-state index in [1.54, 1.807) is 6.20 Å². The average Bonchev–Trinajstić information content (AvgIpc) is 2.56. The van der Waals surface area contributed by atoms with E-state index in [4.69, 9.17) is 10.5 Å².